The zero-order valence-corrected chi connectivity index (χ0v) is 11.7. The molecule has 1 aliphatic rings. The Morgan fingerprint density at radius 2 is 2.15 bits per heavy atom. The summed E-state index contributed by atoms with van der Waals surface area (Å²) in [7, 11) is 0. The molecule has 1 aromatic carbocycles. The van der Waals surface area contributed by atoms with Crippen molar-refractivity contribution in [3.8, 4) is 11.5 Å². The van der Waals surface area contributed by atoms with Crippen LogP contribution < -0.4 is 14.8 Å². The first-order valence-corrected chi connectivity index (χ1v) is 6.81. The van der Waals surface area contributed by atoms with Gasteiger partial charge in [0, 0.05) is 24.7 Å². The van der Waals surface area contributed by atoms with Crippen molar-refractivity contribution in [1.29, 1.82) is 0 Å². The maximum absolute atomic E-state index is 5.51. The molecular weight excluding hydrogens is 256 g/mol. The van der Waals surface area contributed by atoms with Crippen LogP contribution in [0.4, 0.5) is 5.82 Å². The second-order valence-electron chi connectivity index (χ2n) is 4.73. The van der Waals surface area contributed by atoms with E-state index in [1.54, 1.807) is 6.20 Å². The van der Waals surface area contributed by atoms with E-state index in [1.807, 2.05) is 32.0 Å². The number of nitrogens with zero attached hydrogens (tertiary/aromatic N) is 1. The number of aromatic nitrogens is 1. The fourth-order valence-corrected chi connectivity index (χ4v) is 2.29. The Kier molecular flexibility index (Phi) is 3.60. The maximum Gasteiger partial charge on any atom is 0.231 e. The Balaban J connectivity index is 1.87. The fraction of sp³-hybridized carbons (Fsp3) is 0.400. The predicted octanol–water partition coefficient (Wildman–Crippen LogP) is 2.80. The molecule has 0 saturated heterocycles. The van der Waals surface area contributed by atoms with Gasteiger partial charge in [-0.1, -0.05) is 0 Å². The molecule has 1 unspecified atom stereocenters. The van der Waals surface area contributed by atoms with Gasteiger partial charge in [0.05, 0.1) is 6.10 Å². The number of hydrogen-bond donors (Lipinski definition) is 1. The highest BCUT2D eigenvalue weighted by atomic mass is 16.7. The van der Waals surface area contributed by atoms with Gasteiger partial charge in [-0.25, -0.2) is 4.98 Å². The molecule has 5 heteroatoms. The van der Waals surface area contributed by atoms with Crippen LogP contribution in [-0.2, 0) is 4.74 Å². The molecule has 5 nitrogen and oxygen atoms in total. The molecule has 1 atom stereocenters. The second kappa shape index (κ2) is 5.54. The standard InChI is InChI=1S/C15H18N2O3/c1-3-18-10(2)8-17-15-12-7-14-13(19-9-20-14)6-11(12)4-5-16-15/h4-7,10H,3,8-9H2,1-2H3,(H,16,17). The topological polar surface area (TPSA) is 52.6 Å². The summed E-state index contributed by atoms with van der Waals surface area (Å²) in [4.78, 5) is 4.40. The van der Waals surface area contributed by atoms with Crippen LogP contribution in [0, 0.1) is 0 Å². The number of fused-ring (bicyclic) bond motifs is 2. The van der Waals surface area contributed by atoms with Crippen molar-refractivity contribution in [3.63, 3.8) is 0 Å². The molecule has 106 valence electrons. The summed E-state index contributed by atoms with van der Waals surface area (Å²) in [6, 6.07) is 5.92. The Labute approximate surface area is 117 Å². The Bertz CT molecular complexity index is 615. The summed E-state index contributed by atoms with van der Waals surface area (Å²) in [5, 5.41) is 5.44. The van der Waals surface area contributed by atoms with Crippen LogP contribution in [0.1, 0.15) is 13.8 Å². The lowest BCUT2D eigenvalue weighted by Crippen LogP contribution is -2.20. The van der Waals surface area contributed by atoms with Gasteiger partial charge < -0.3 is 19.5 Å². The molecular formula is C15H18N2O3. The minimum Gasteiger partial charge on any atom is -0.454 e. The first-order valence-electron chi connectivity index (χ1n) is 6.81. The molecule has 2 heterocycles. The first kappa shape index (κ1) is 13.0. The molecule has 1 N–H and O–H groups in total. The highest BCUT2D eigenvalue weighted by Gasteiger charge is 2.16. The summed E-state index contributed by atoms with van der Waals surface area (Å²) in [5.74, 6) is 2.40. The molecule has 2 aromatic rings. The van der Waals surface area contributed by atoms with E-state index in [-0.39, 0.29) is 12.9 Å². The molecule has 1 aliphatic heterocycles. The van der Waals surface area contributed by atoms with E-state index in [0.29, 0.717) is 13.2 Å². The molecule has 0 aliphatic carbocycles. The molecule has 20 heavy (non-hydrogen) atoms. The third-order valence-electron chi connectivity index (χ3n) is 3.27. The van der Waals surface area contributed by atoms with Crippen LogP contribution in [-0.4, -0.2) is 31.0 Å². The predicted molar refractivity (Wildman–Crippen MR) is 77.4 cm³/mol. The van der Waals surface area contributed by atoms with Gasteiger partial charge in [-0.05, 0) is 37.4 Å². The summed E-state index contributed by atoms with van der Waals surface area (Å²) >= 11 is 0. The fourth-order valence-electron chi connectivity index (χ4n) is 2.29. The van der Waals surface area contributed by atoms with Gasteiger partial charge >= 0.3 is 0 Å². The first-order chi connectivity index (χ1) is 9.78. The molecule has 0 radical (unpaired) electrons. The third kappa shape index (κ3) is 2.49. The summed E-state index contributed by atoms with van der Waals surface area (Å²) in [5.41, 5.74) is 0. The van der Waals surface area contributed by atoms with Gasteiger partial charge in [-0.15, -0.1) is 0 Å². The smallest absolute Gasteiger partial charge is 0.231 e. The van der Waals surface area contributed by atoms with E-state index in [4.69, 9.17) is 14.2 Å². The van der Waals surface area contributed by atoms with Gasteiger partial charge in [0.2, 0.25) is 6.79 Å². The van der Waals surface area contributed by atoms with Crippen LogP contribution in [0.25, 0.3) is 10.8 Å². The second-order valence-corrected chi connectivity index (χ2v) is 4.73. The summed E-state index contributed by atoms with van der Waals surface area (Å²) in [6.07, 6.45) is 1.93. The van der Waals surface area contributed by atoms with Gasteiger partial charge in [0.15, 0.2) is 11.5 Å². The van der Waals surface area contributed by atoms with E-state index >= 15 is 0 Å². The zero-order valence-electron chi connectivity index (χ0n) is 11.7. The minimum absolute atomic E-state index is 0.145. The molecule has 0 spiro atoms. The Morgan fingerprint density at radius 3 is 2.95 bits per heavy atom. The highest BCUT2D eigenvalue weighted by molar-refractivity contribution is 5.94. The van der Waals surface area contributed by atoms with Crippen molar-refractivity contribution in [2.45, 2.75) is 20.0 Å². The van der Waals surface area contributed by atoms with Crippen LogP contribution in [0.3, 0.4) is 0 Å². The number of hydrogen-bond acceptors (Lipinski definition) is 5. The highest BCUT2D eigenvalue weighted by Crippen LogP contribution is 2.37. The van der Waals surface area contributed by atoms with Crippen LogP contribution >= 0.6 is 0 Å². The Hall–Kier alpha value is -2.01. The van der Waals surface area contributed by atoms with Crippen LogP contribution in [0.2, 0.25) is 0 Å². The molecule has 0 fully saturated rings. The zero-order chi connectivity index (χ0) is 13.9. The molecule has 1 aromatic heterocycles. The van der Waals surface area contributed by atoms with E-state index < -0.39 is 0 Å². The lowest BCUT2D eigenvalue weighted by atomic mass is 10.1. The van der Waals surface area contributed by atoms with Crippen molar-refractivity contribution in [1.82, 2.24) is 4.98 Å². The van der Waals surface area contributed by atoms with Crippen molar-refractivity contribution < 1.29 is 14.2 Å². The van der Waals surface area contributed by atoms with Gasteiger partial charge in [-0.2, -0.15) is 0 Å². The molecule has 0 bridgehead atoms. The average Bonchev–Trinajstić information content (AvgIpc) is 2.90. The van der Waals surface area contributed by atoms with Crippen molar-refractivity contribution >= 4 is 16.6 Å². The van der Waals surface area contributed by atoms with Gasteiger partial charge in [0.1, 0.15) is 5.82 Å². The number of nitrogens with one attached hydrogen (secondary N) is 1. The molecule has 0 amide bonds. The van der Waals surface area contributed by atoms with Crippen molar-refractivity contribution in [3.05, 3.63) is 24.4 Å². The van der Waals surface area contributed by atoms with Crippen LogP contribution in [0.15, 0.2) is 24.4 Å². The normalized spacial score (nSPS) is 14.5. The average molecular weight is 274 g/mol. The number of benzene rings is 1. The van der Waals surface area contributed by atoms with E-state index in [0.717, 1.165) is 28.1 Å². The van der Waals surface area contributed by atoms with Crippen molar-refractivity contribution in [2.24, 2.45) is 0 Å². The van der Waals surface area contributed by atoms with E-state index in [2.05, 4.69) is 10.3 Å². The minimum atomic E-state index is 0.145. The lowest BCUT2D eigenvalue weighted by Gasteiger charge is -2.14. The number of anilines is 1. The summed E-state index contributed by atoms with van der Waals surface area (Å²) < 4.78 is 16.3. The summed E-state index contributed by atoms with van der Waals surface area (Å²) in [6.45, 7) is 5.74. The van der Waals surface area contributed by atoms with E-state index in [1.165, 1.54) is 0 Å². The van der Waals surface area contributed by atoms with Crippen molar-refractivity contribution in [2.75, 3.05) is 25.3 Å². The quantitative estimate of drug-likeness (QED) is 0.908. The van der Waals surface area contributed by atoms with Gasteiger partial charge in [0.25, 0.3) is 0 Å². The number of pyridine rings is 1. The largest absolute Gasteiger partial charge is 0.454 e. The number of ether oxygens (including phenoxy) is 3. The van der Waals surface area contributed by atoms with Crippen LogP contribution in [0.5, 0.6) is 11.5 Å². The Morgan fingerprint density at radius 1 is 1.35 bits per heavy atom. The van der Waals surface area contributed by atoms with E-state index in [9.17, 15) is 0 Å². The van der Waals surface area contributed by atoms with Gasteiger partial charge in [-0.3, -0.25) is 0 Å². The molecule has 3 rings (SSSR count). The third-order valence-corrected chi connectivity index (χ3v) is 3.27. The maximum atomic E-state index is 5.51. The number of rotatable bonds is 5. The molecule has 0 saturated carbocycles. The lowest BCUT2D eigenvalue weighted by molar-refractivity contribution is 0.0855. The monoisotopic (exact) mass is 274 g/mol. The SMILES string of the molecule is CCOC(C)CNc1nccc2cc3c(cc12)OCO3.